The molecule has 1 N–H and O–H groups in total. The lowest BCUT2D eigenvalue weighted by molar-refractivity contribution is -0.136. The van der Waals surface area contributed by atoms with Gasteiger partial charge in [0.25, 0.3) is 0 Å². The molecule has 72 valence electrons. The van der Waals surface area contributed by atoms with Gasteiger partial charge in [0, 0.05) is 14.5 Å². The van der Waals surface area contributed by atoms with Crippen molar-refractivity contribution in [3.05, 3.63) is 33.6 Å². The molecule has 0 atom stereocenters. The van der Waals surface area contributed by atoms with Gasteiger partial charge in [0.1, 0.15) is 5.58 Å². The molecule has 1 aromatic heterocycles. The van der Waals surface area contributed by atoms with Crippen molar-refractivity contribution in [2.24, 2.45) is 0 Å². The molecule has 0 amide bonds. The number of hydrogen-bond acceptors (Lipinski definition) is 2. The highest BCUT2D eigenvalue weighted by Crippen LogP contribution is 2.23. The average molecular weight is 302 g/mol. The highest BCUT2D eigenvalue weighted by atomic mass is 127. The second-order valence-corrected chi connectivity index (χ2v) is 4.22. The van der Waals surface area contributed by atoms with E-state index in [0.717, 1.165) is 20.1 Å². The number of fused-ring (bicyclic) bond motifs is 1. The molecule has 0 bridgehead atoms. The molecule has 0 unspecified atom stereocenters. The van der Waals surface area contributed by atoms with Crippen molar-refractivity contribution >= 4 is 39.5 Å². The number of carboxylic acid groups (broad SMARTS) is 1. The number of halogens is 1. The van der Waals surface area contributed by atoms with Crippen molar-refractivity contribution in [3.63, 3.8) is 0 Å². The van der Waals surface area contributed by atoms with Crippen LogP contribution in [0.3, 0.4) is 0 Å². The minimum atomic E-state index is -0.841. The fourth-order valence-corrected chi connectivity index (χ4v) is 1.85. The predicted molar refractivity (Wildman–Crippen MR) is 60.3 cm³/mol. The van der Waals surface area contributed by atoms with Gasteiger partial charge in [-0.3, -0.25) is 4.79 Å². The van der Waals surface area contributed by atoms with E-state index in [2.05, 4.69) is 22.6 Å². The smallest absolute Gasteiger partial charge is 0.307 e. The van der Waals surface area contributed by atoms with E-state index in [9.17, 15) is 4.79 Å². The van der Waals surface area contributed by atoms with Crippen molar-refractivity contribution in [2.75, 3.05) is 0 Å². The van der Waals surface area contributed by atoms with Crippen LogP contribution in [0.5, 0.6) is 0 Å². The van der Waals surface area contributed by atoms with Crippen LogP contribution in [0.25, 0.3) is 11.0 Å². The van der Waals surface area contributed by atoms with Crippen molar-refractivity contribution in [1.82, 2.24) is 0 Å². The van der Waals surface area contributed by atoms with Crippen LogP contribution in [0.4, 0.5) is 0 Å². The monoisotopic (exact) mass is 302 g/mol. The van der Waals surface area contributed by atoms with Gasteiger partial charge in [-0.15, -0.1) is 0 Å². The highest BCUT2D eigenvalue weighted by molar-refractivity contribution is 14.1. The first kappa shape index (κ1) is 9.51. The Kier molecular flexibility index (Phi) is 2.45. The molecule has 0 aliphatic heterocycles. The van der Waals surface area contributed by atoms with E-state index in [1.165, 1.54) is 6.26 Å². The zero-order chi connectivity index (χ0) is 10.1. The predicted octanol–water partition coefficient (Wildman–Crippen LogP) is 2.66. The lowest BCUT2D eigenvalue weighted by atomic mass is 10.1. The fourth-order valence-electron chi connectivity index (χ4n) is 1.35. The summed E-state index contributed by atoms with van der Waals surface area (Å²) in [6, 6.07) is 5.71. The van der Waals surface area contributed by atoms with Crippen molar-refractivity contribution < 1.29 is 14.3 Å². The second kappa shape index (κ2) is 3.61. The van der Waals surface area contributed by atoms with Gasteiger partial charge in [0.15, 0.2) is 0 Å². The topological polar surface area (TPSA) is 50.4 Å². The molecular weight excluding hydrogens is 295 g/mol. The van der Waals surface area contributed by atoms with E-state index in [1.807, 2.05) is 18.2 Å². The Morgan fingerprint density at radius 1 is 1.50 bits per heavy atom. The van der Waals surface area contributed by atoms with E-state index < -0.39 is 5.97 Å². The third-order valence-corrected chi connectivity index (χ3v) is 2.63. The number of aliphatic carboxylic acids is 1. The summed E-state index contributed by atoms with van der Waals surface area (Å²) in [4.78, 5) is 10.6. The third-order valence-electron chi connectivity index (χ3n) is 1.96. The van der Waals surface area contributed by atoms with Crippen molar-refractivity contribution in [1.29, 1.82) is 0 Å². The quantitative estimate of drug-likeness (QED) is 0.868. The van der Waals surface area contributed by atoms with E-state index >= 15 is 0 Å². The third kappa shape index (κ3) is 1.75. The number of carbonyl (C=O) groups is 1. The summed E-state index contributed by atoms with van der Waals surface area (Å²) in [5.41, 5.74) is 1.47. The minimum Gasteiger partial charge on any atom is -0.481 e. The fraction of sp³-hybridized carbons (Fsp3) is 0.100. The molecule has 4 heteroatoms. The number of carboxylic acids is 1. The summed E-state index contributed by atoms with van der Waals surface area (Å²) < 4.78 is 6.31. The van der Waals surface area contributed by atoms with Gasteiger partial charge in [0.2, 0.25) is 0 Å². The molecule has 0 aliphatic carbocycles. The summed E-state index contributed by atoms with van der Waals surface area (Å²) in [5, 5.41) is 9.56. The average Bonchev–Trinajstić information content (AvgIpc) is 2.47. The number of furan rings is 1. The normalized spacial score (nSPS) is 10.6. The van der Waals surface area contributed by atoms with Gasteiger partial charge < -0.3 is 9.52 Å². The lowest BCUT2D eigenvalue weighted by Gasteiger charge is -1.93. The molecule has 14 heavy (non-hydrogen) atoms. The molecule has 0 spiro atoms. The summed E-state index contributed by atoms with van der Waals surface area (Å²) in [5.74, 6) is -0.841. The first-order valence-corrected chi connectivity index (χ1v) is 5.12. The van der Waals surface area contributed by atoms with Gasteiger partial charge >= 0.3 is 5.97 Å². The van der Waals surface area contributed by atoms with E-state index in [1.54, 1.807) is 0 Å². The van der Waals surface area contributed by atoms with Gasteiger partial charge in [0.05, 0.1) is 12.7 Å². The Bertz CT molecular complexity index is 487. The van der Waals surface area contributed by atoms with Gasteiger partial charge in [-0.2, -0.15) is 0 Å². The van der Waals surface area contributed by atoms with Gasteiger partial charge in [-0.25, -0.2) is 0 Å². The highest BCUT2D eigenvalue weighted by Gasteiger charge is 2.09. The molecule has 1 heterocycles. The molecule has 0 saturated carbocycles. The molecular formula is C10H7IO3. The van der Waals surface area contributed by atoms with Crippen LogP contribution in [0, 0.1) is 3.57 Å². The number of rotatable bonds is 2. The zero-order valence-electron chi connectivity index (χ0n) is 7.16. The first-order valence-electron chi connectivity index (χ1n) is 4.04. The van der Waals surface area contributed by atoms with Crippen molar-refractivity contribution in [3.8, 4) is 0 Å². The van der Waals surface area contributed by atoms with Gasteiger partial charge in [-0.05, 0) is 40.8 Å². The maximum absolute atomic E-state index is 10.6. The summed E-state index contributed by atoms with van der Waals surface area (Å²) >= 11 is 2.19. The molecule has 3 nitrogen and oxygen atoms in total. The minimum absolute atomic E-state index is 0.00704. The SMILES string of the molecule is O=C(O)Cc1coc2ccc(I)cc12. The van der Waals surface area contributed by atoms with Crippen LogP contribution in [-0.4, -0.2) is 11.1 Å². The first-order chi connectivity index (χ1) is 6.66. The van der Waals surface area contributed by atoms with Crippen LogP contribution >= 0.6 is 22.6 Å². The lowest BCUT2D eigenvalue weighted by Crippen LogP contribution is -1.98. The Balaban J connectivity index is 2.55. The number of hydrogen-bond donors (Lipinski definition) is 1. The Morgan fingerprint density at radius 3 is 3.00 bits per heavy atom. The summed E-state index contributed by atoms with van der Waals surface area (Å²) in [7, 11) is 0. The maximum Gasteiger partial charge on any atom is 0.307 e. The molecule has 2 rings (SSSR count). The number of benzene rings is 1. The van der Waals surface area contributed by atoms with E-state index in [-0.39, 0.29) is 6.42 Å². The molecule has 0 aliphatic rings. The zero-order valence-corrected chi connectivity index (χ0v) is 9.32. The van der Waals surface area contributed by atoms with E-state index in [4.69, 9.17) is 9.52 Å². The van der Waals surface area contributed by atoms with Crippen LogP contribution in [0.15, 0.2) is 28.9 Å². The van der Waals surface area contributed by atoms with Gasteiger partial charge in [-0.1, -0.05) is 0 Å². The summed E-state index contributed by atoms with van der Waals surface area (Å²) in [6.45, 7) is 0. The summed E-state index contributed by atoms with van der Waals surface area (Å²) in [6.07, 6.45) is 1.52. The van der Waals surface area contributed by atoms with Crippen LogP contribution < -0.4 is 0 Å². The molecule has 0 fully saturated rings. The van der Waals surface area contributed by atoms with E-state index in [0.29, 0.717) is 0 Å². The molecule has 0 radical (unpaired) electrons. The van der Waals surface area contributed by atoms with Crippen LogP contribution in [0.1, 0.15) is 5.56 Å². The molecule has 0 saturated heterocycles. The van der Waals surface area contributed by atoms with Crippen LogP contribution in [0.2, 0.25) is 0 Å². The van der Waals surface area contributed by atoms with Crippen LogP contribution in [-0.2, 0) is 11.2 Å². The maximum atomic E-state index is 10.6. The Hall–Kier alpha value is -1.04. The standard InChI is InChI=1S/C10H7IO3/c11-7-1-2-9-8(4-7)6(5-14-9)3-10(12)13/h1-2,4-5H,3H2,(H,12,13). The second-order valence-electron chi connectivity index (χ2n) is 2.97. The Morgan fingerprint density at radius 2 is 2.29 bits per heavy atom. The Labute approximate surface area is 93.9 Å². The molecule has 1 aromatic carbocycles. The largest absolute Gasteiger partial charge is 0.481 e. The molecule has 2 aromatic rings. The van der Waals surface area contributed by atoms with Crippen molar-refractivity contribution in [2.45, 2.75) is 6.42 Å².